The van der Waals surface area contributed by atoms with Crippen molar-refractivity contribution in [3.63, 3.8) is 0 Å². The maximum absolute atomic E-state index is 11.8. The number of nitrogens with zero attached hydrogens (tertiary/aromatic N) is 2. The second kappa shape index (κ2) is 6.33. The van der Waals surface area contributed by atoms with Crippen LogP contribution in [0.15, 0.2) is 12.1 Å². The van der Waals surface area contributed by atoms with Crippen LogP contribution in [0.25, 0.3) is 0 Å². The molecule has 5 nitrogen and oxygen atoms in total. The van der Waals surface area contributed by atoms with E-state index in [1.54, 1.807) is 19.2 Å². The number of rotatable bonds is 5. The maximum Gasteiger partial charge on any atom is 0.271 e. The Morgan fingerprint density at radius 2 is 2.11 bits per heavy atom. The van der Waals surface area contributed by atoms with E-state index in [0.29, 0.717) is 11.5 Å². The van der Waals surface area contributed by atoms with Crippen molar-refractivity contribution in [1.29, 1.82) is 0 Å². The summed E-state index contributed by atoms with van der Waals surface area (Å²) in [5.41, 5.74) is 0.375. The van der Waals surface area contributed by atoms with E-state index in [2.05, 4.69) is 20.8 Å². The molecule has 1 aliphatic carbocycles. The molecule has 1 heterocycles. The van der Waals surface area contributed by atoms with E-state index >= 15 is 0 Å². The molecule has 0 saturated heterocycles. The minimum atomic E-state index is -0.136. The van der Waals surface area contributed by atoms with Gasteiger partial charge in [0.05, 0.1) is 0 Å². The van der Waals surface area contributed by atoms with Crippen LogP contribution in [0, 0.1) is 5.92 Å². The molecular weight excluding hydrogens is 228 g/mol. The highest BCUT2D eigenvalue weighted by Crippen LogP contribution is 2.26. The Bertz CT molecular complexity index is 384. The van der Waals surface area contributed by atoms with Crippen LogP contribution in [0.3, 0.4) is 0 Å². The molecule has 1 aliphatic rings. The lowest BCUT2D eigenvalue weighted by atomic mass is 10.0. The normalized spacial score (nSPS) is 15.6. The van der Waals surface area contributed by atoms with E-state index in [1.807, 2.05) is 0 Å². The van der Waals surface area contributed by atoms with E-state index in [0.717, 1.165) is 18.9 Å². The van der Waals surface area contributed by atoms with E-state index in [-0.39, 0.29) is 5.91 Å². The summed E-state index contributed by atoms with van der Waals surface area (Å²) in [4.78, 5) is 11.8. The Balaban J connectivity index is 1.76. The van der Waals surface area contributed by atoms with Gasteiger partial charge in [-0.15, -0.1) is 10.2 Å². The molecule has 1 fully saturated rings. The van der Waals surface area contributed by atoms with Crippen LogP contribution >= 0.6 is 0 Å². The van der Waals surface area contributed by atoms with Crippen LogP contribution in [-0.4, -0.2) is 29.7 Å². The molecule has 5 heteroatoms. The van der Waals surface area contributed by atoms with Crippen molar-refractivity contribution < 1.29 is 4.79 Å². The zero-order chi connectivity index (χ0) is 12.8. The number of carbonyl (C=O) groups is 1. The molecule has 18 heavy (non-hydrogen) atoms. The molecule has 1 aromatic rings. The van der Waals surface area contributed by atoms with Crippen LogP contribution in [0.4, 0.5) is 5.82 Å². The van der Waals surface area contributed by atoms with Gasteiger partial charge >= 0.3 is 0 Å². The number of hydrogen-bond donors (Lipinski definition) is 2. The molecule has 1 saturated carbocycles. The fourth-order valence-electron chi connectivity index (χ4n) is 2.37. The highest BCUT2D eigenvalue weighted by molar-refractivity contribution is 5.92. The van der Waals surface area contributed by atoms with Gasteiger partial charge in [0.2, 0.25) is 0 Å². The lowest BCUT2D eigenvalue weighted by Crippen LogP contribution is -2.26. The number of anilines is 1. The molecule has 0 aromatic carbocycles. The predicted octanol–water partition coefficient (Wildman–Crippen LogP) is 1.83. The van der Waals surface area contributed by atoms with Gasteiger partial charge in [-0.1, -0.05) is 25.7 Å². The SMILES string of the molecule is CNc1ccc(C(=O)NCCC2CCCC2)nn1. The first-order valence-electron chi connectivity index (χ1n) is 6.59. The van der Waals surface area contributed by atoms with Gasteiger partial charge in [0.1, 0.15) is 5.82 Å². The third kappa shape index (κ3) is 3.42. The summed E-state index contributed by atoms with van der Waals surface area (Å²) in [7, 11) is 1.77. The third-order valence-corrected chi connectivity index (χ3v) is 3.47. The second-order valence-electron chi connectivity index (χ2n) is 4.75. The number of amides is 1. The standard InChI is InChI=1S/C13H20N4O/c1-14-12-7-6-11(16-17-12)13(18)15-9-8-10-4-2-3-5-10/h6-7,10H,2-5,8-9H2,1H3,(H,14,17)(H,15,18). The molecular formula is C13H20N4O. The first kappa shape index (κ1) is 12.8. The Morgan fingerprint density at radius 3 is 2.72 bits per heavy atom. The molecule has 2 N–H and O–H groups in total. The minimum absolute atomic E-state index is 0.136. The summed E-state index contributed by atoms with van der Waals surface area (Å²) >= 11 is 0. The van der Waals surface area contributed by atoms with Crippen molar-refractivity contribution in [3.8, 4) is 0 Å². The highest BCUT2D eigenvalue weighted by Gasteiger charge is 2.15. The highest BCUT2D eigenvalue weighted by atomic mass is 16.1. The molecule has 2 rings (SSSR count). The van der Waals surface area contributed by atoms with Gasteiger partial charge in [-0.3, -0.25) is 4.79 Å². The molecule has 98 valence electrons. The van der Waals surface area contributed by atoms with Gasteiger partial charge < -0.3 is 10.6 Å². The number of nitrogens with one attached hydrogen (secondary N) is 2. The van der Waals surface area contributed by atoms with Crippen molar-refractivity contribution >= 4 is 11.7 Å². The third-order valence-electron chi connectivity index (χ3n) is 3.47. The fraction of sp³-hybridized carbons (Fsp3) is 0.615. The molecule has 0 bridgehead atoms. The largest absolute Gasteiger partial charge is 0.372 e. The Morgan fingerprint density at radius 1 is 1.33 bits per heavy atom. The van der Waals surface area contributed by atoms with Crippen molar-refractivity contribution in [2.45, 2.75) is 32.1 Å². The van der Waals surface area contributed by atoms with E-state index in [9.17, 15) is 4.79 Å². The van der Waals surface area contributed by atoms with E-state index in [1.165, 1.54) is 25.7 Å². The topological polar surface area (TPSA) is 66.9 Å². The molecule has 1 amide bonds. The quantitative estimate of drug-likeness (QED) is 0.834. The van der Waals surface area contributed by atoms with Crippen LogP contribution in [0.2, 0.25) is 0 Å². The van der Waals surface area contributed by atoms with E-state index < -0.39 is 0 Å². The fourth-order valence-corrected chi connectivity index (χ4v) is 2.37. The monoisotopic (exact) mass is 248 g/mol. The van der Waals surface area contributed by atoms with Gasteiger partial charge in [0, 0.05) is 13.6 Å². The zero-order valence-electron chi connectivity index (χ0n) is 10.8. The van der Waals surface area contributed by atoms with Crippen LogP contribution in [0.5, 0.6) is 0 Å². The van der Waals surface area contributed by atoms with Crippen LogP contribution < -0.4 is 10.6 Å². The summed E-state index contributed by atoms with van der Waals surface area (Å²) < 4.78 is 0. The molecule has 0 atom stereocenters. The average molecular weight is 248 g/mol. The average Bonchev–Trinajstić information content (AvgIpc) is 2.92. The summed E-state index contributed by atoms with van der Waals surface area (Å²) in [6.07, 6.45) is 6.39. The Labute approximate surface area is 107 Å². The maximum atomic E-state index is 11.8. The molecule has 1 aromatic heterocycles. The molecule has 0 unspecified atom stereocenters. The Hall–Kier alpha value is -1.65. The van der Waals surface area contributed by atoms with Gasteiger partial charge in [-0.05, 0) is 24.5 Å². The van der Waals surface area contributed by atoms with Gasteiger partial charge in [-0.25, -0.2) is 0 Å². The zero-order valence-corrected chi connectivity index (χ0v) is 10.8. The van der Waals surface area contributed by atoms with Gasteiger partial charge in [0.25, 0.3) is 5.91 Å². The van der Waals surface area contributed by atoms with Crippen LogP contribution in [0.1, 0.15) is 42.6 Å². The lowest BCUT2D eigenvalue weighted by Gasteiger charge is -2.09. The minimum Gasteiger partial charge on any atom is -0.372 e. The van der Waals surface area contributed by atoms with Gasteiger partial charge in [0.15, 0.2) is 5.69 Å². The summed E-state index contributed by atoms with van der Waals surface area (Å²) in [6.45, 7) is 0.735. The smallest absolute Gasteiger partial charge is 0.271 e. The number of carbonyl (C=O) groups excluding carboxylic acids is 1. The first-order chi connectivity index (χ1) is 8.79. The van der Waals surface area contributed by atoms with Crippen molar-refractivity contribution in [2.24, 2.45) is 5.92 Å². The summed E-state index contributed by atoms with van der Waals surface area (Å²) in [6, 6.07) is 3.43. The second-order valence-corrected chi connectivity index (χ2v) is 4.75. The van der Waals surface area contributed by atoms with Crippen molar-refractivity contribution in [2.75, 3.05) is 18.9 Å². The molecule has 0 spiro atoms. The predicted molar refractivity (Wildman–Crippen MR) is 70.5 cm³/mol. The van der Waals surface area contributed by atoms with E-state index in [4.69, 9.17) is 0 Å². The number of hydrogen-bond acceptors (Lipinski definition) is 4. The van der Waals surface area contributed by atoms with Crippen LogP contribution in [-0.2, 0) is 0 Å². The lowest BCUT2D eigenvalue weighted by molar-refractivity contribution is 0.0945. The first-order valence-corrected chi connectivity index (χ1v) is 6.59. The van der Waals surface area contributed by atoms with Crippen molar-refractivity contribution in [3.05, 3.63) is 17.8 Å². The molecule has 0 aliphatic heterocycles. The number of aromatic nitrogens is 2. The summed E-state index contributed by atoms with van der Waals surface area (Å²) in [5, 5.41) is 13.5. The molecule has 0 radical (unpaired) electrons. The van der Waals surface area contributed by atoms with Crippen molar-refractivity contribution in [1.82, 2.24) is 15.5 Å². The van der Waals surface area contributed by atoms with Gasteiger partial charge in [-0.2, -0.15) is 0 Å². The summed E-state index contributed by atoms with van der Waals surface area (Å²) in [5.74, 6) is 1.32. The Kier molecular flexibility index (Phi) is 4.50.